The van der Waals surface area contributed by atoms with Crippen molar-refractivity contribution < 1.29 is 9.53 Å². The smallest absolute Gasteiger partial charge is 0.315 e. The van der Waals surface area contributed by atoms with Gasteiger partial charge in [-0.2, -0.15) is 0 Å². The van der Waals surface area contributed by atoms with Gasteiger partial charge < -0.3 is 4.74 Å². The van der Waals surface area contributed by atoms with Gasteiger partial charge in [0, 0.05) is 0 Å². The first-order valence-electron chi connectivity index (χ1n) is 6.88. The van der Waals surface area contributed by atoms with E-state index in [0.29, 0.717) is 0 Å². The maximum atomic E-state index is 12.5. The molecule has 1 saturated carbocycles. The summed E-state index contributed by atoms with van der Waals surface area (Å²) in [6, 6.07) is 0. The number of hydrogen-bond donors (Lipinski definition) is 0. The fourth-order valence-corrected chi connectivity index (χ4v) is 3.83. The highest BCUT2D eigenvalue weighted by Gasteiger charge is 2.61. The summed E-state index contributed by atoms with van der Waals surface area (Å²) < 4.78 is 5.40. The number of hydrogen-bond acceptors (Lipinski definition) is 2. The molecule has 1 aromatic carbocycles. The van der Waals surface area contributed by atoms with E-state index in [0.717, 1.165) is 5.57 Å². The molecule has 1 aliphatic rings. The van der Waals surface area contributed by atoms with Crippen LogP contribution in [0, 0.1) is 17.3 Å². The molecule has 2 atom stereocenters. The van der Waals surface area contributed by atoms with Gasteiger partial charge in [0.15, 0.2) is 5.75 Å². The van der Waals surface area contributed by atoms with Crippen LogP contribution in [0.25, 0.3) is 0 Å². The Morgan fingerprint density at radius 2 is 1.39 bits per heavy atom. The van der Waals surface area contributed by atoms with Gasteiger partial charge in [-0.1, -0.05) is 83.5 Å². The maximum absolute atomic E-state index is 12.5. The lowest BCUT2D eigenvalue weighted by atomic mass is 10.1. The lowest BCUT2D eigenvalue weighted by Gasteiger charge is -2.12. The van der Waals surface area contributed by atoms with Gasteiger partial charge in [-0.25, -0.2) is 0 Å². The molecule has 23 heavy (non-hydrogen) atoms. The molecule has 2 rings (SSSR count). The van der Waals surface area contributed by atoms with Crippen molar-refractivity contribution in [1.29, 1.82) is 0 Å². The summed E-state index contributed by atoms with van der Waals surface area (Å²) in [5.74, 6) is -0.652. The second kappa shape index (κ2) is 6.65. The molecule has 1 fully saturated rings. The molecule has 0 aliphatic heterocycles. The van der Waals surface area contributed by atoms with Crippen LogP contribution >= 0.6 is 58.0 Å². The Labute approximate surface area is 160 Å². The van der Waals surface area contributed by atoms with Gasteiger partial charge in [0.1, 0.15) is 10.0 Å². The Balaban J connectivity index is 2.31. The molecule has 0 spiro atoms. The molecule has 126 valence electrons. The molecule has 0 saturated heterocycles. The van der Waals surface area contributed by atoms with E-state index in [4.69, 9.17) is 62.7 Å². The highest BCUT2D eigenvalue weighted by molar-refractivity contribution is 6.55. The molecular formula is C16H15Cl5O2. The Kier molecular flexibility index (Phi) is 5.55. The van der Waals surface area contributed by atoms with Crippen molar-refractivity contribution in [3.63, 3.8) is 0 Å². The molecule has 0 aromatic heterocycles. The van der Waals surface area contributed by atoms with E-state index >= 15 is 0 Å². The molecule has 2 nitrogen and oxygen atoms in total. The van der Waals surface area contributed by atoms with Gasteiger partial charge in [0.25, 0.3) is 0 Å². The second-order valence-corrected chi connectivity index (χ2v) is 8.28. The predicted molar refractivity (Wildman–Crippen MR) is 97.3 cm³/mol. The number of allylic oxidation sites excluding steroid dienone is 2. The van der Waals surface area contributed by atoms with Crippen LogP contribution in [0.3, 0.4) is 0 Å². The maximum Gasteiger partial charge on any atom is 0.315 e. The number of esters is 1. The van der Waals surface area contributed by atoms with Crippen molar-refractivity contribution in [3.05, 3.63) is 36.8 Å². The zero-order valence-corrected chi connectivity index (χ0v) is 16.7. The summed E-state index contributed by atoms with van der Waals surface area (Å²) in [4.78, 5) is 12.5. The van der Waals surface area contributed by atoms with Gasteiger partial charge >= 0.3 is 5.97 Å². The van der Waals surface area contributed by atoms with Crippen LogP contribution in [-0.4, -0.2) is 5.97 Å². The average molecular weight is 417 g/mol. The normalized spacial score (nSPS) is 21.8. The van der Waals surface area contributed by atoms with Crippen LogP contribution in [0.4, 0.5) is 0 Å². The van der Waals surface area contributed by atoms with Crippen LogP contribution in [-0.2, 0) is 4.79 Å². The summed E-state index contributed by atoms with van der Waals surface area (Å²) in [5.41, 5.74) is 0.958. The van der Waals surface area contributed by atoms with Crippen molar-refractivity contribution in [2.45, 2.75) is 27.7 Å². The van der Waals surface area contributed by atoms with Crippen LogP contribution in [0.15, 0.2) is 11.6 Å². The standard InChI is InChI=1S/C16H15Cl5O2/c1-6(2)5-7-8(16(7,3)4)15(22)23-14-12(20)10(18)9(17)11(19)13(14)21/h5,7-8H,1-4H3. The molecule has 0 radical (unpaired) electrons. The summed E-state index contributed by atoms with van der Waals surface area (Å²) in [6.45, 7) is 7.99. The van der Waals surface area contributed by atoms with Gasteiger partial charge in [-0.3, -0.25) is 4.79 Å². The Bertz CT molecular complexity index is 676. The minimum Gasteiger partial charge on any atom is -0.423 e. The summed E-state index contributed by atoms with van der Waals surface area (Å²) in [7, 11) is 0. The second-order valence-electron chi connectivity index (χ2n) is 6.39. The molecule has 0 heterocycles. The van der Waals surface area contributed by atoms with E-state index in [1.165, 1.54) is 0 Å². The molecule has 2 unspecified atom stereocenters. The topological polar surface area (TPSA) is 26.3 Å². The SMILES string of the molecule is CC(C)=CC1C(C(=O)Oc2c(Cl)c(Cl)c(Cl)c(Cl)c2Cl)C1(C)C. The third kappa shape index (κ3) is 3.48. The van der Waals surface area contributed by atoms with Crippen LogP contribution in [0.1, 0.15) is 27.7 Å². The van der Waals surface area contributed by atoms with Crippen molar-refractivity contribution in [1.82, 2.24) is 0 Å². The molecule has 1 aliphatic carbocycles. The summed E-state index contributed by atoms with van der Waals surface area (Å²) in [6.07, 6.45) is 2.07. The van der Waals surface area contributed by atoms with E-state index < -0.39 is 5.97 Å². The average Bonchev–Trinajstić information content (AvgIpc) is 2.99. The van der Waals surface area contributed by atoms with E-state index in [-0.39, 0.29) is 48.1 Å². The number of halogens is 5. The third-order valence-corrected chi connectivity index (χ3v) is 6.29. The zero-order chi connectivity index (χ0) is 17.7. The zero-order valence-electron chi connectivity index (χ0n) is 12.9. The van der Waals surface area contributed by atoms with Gasteiger partial charge in [0.05, 0.1) is 21.0 Å². The van der Waals surface area contributed by atoms with E-state index in [2.05, 4.69) is 6.08 Å². The van der Waals surface area contributed by atoms with Gasteiger partial charge in [0.2, 0.25) is 0 Å². The van der Waals surface area contributed by atoms with Crippen LogP contribution < -0.4 is 4.74 Å². The van der Waals surface area contributed by atoms with Crippen molar-refractivity contribution in [2.24, 2.45) is 17.3 Å². The minimum atomic E-state index is -0.421. The monoisotopic (exact) mass is 414 g/mol. The molecule has 0 amide bonds. The fourth-order valence-electron chi connectivity index (χ4n) is 2.64. The highest BCUT2D eigenvalue weighted by atomic mass is 35.5. The minimum absolute atomic E-state index is 0.00133. The molecule has 0 N–H and O–H groups in total. The first-order chi connectivity index (χ1) is 10.5. The quantitative estimate of drug-likeness (QED) is 0.173. The van der Waals surface area contributed by atoms with Gasteiger partial charge in [-0.05, 0) is 25.2 Å². The number of benzene rings is 1. The van der Waals surface area contributed by atoms with Crippen molar-refractivity contribution >= 4 is 64.0 Å². The van der Waals surface area contributed by atoms with E-state index in [1.807, 2.05) is 27.7 Å². The van der Waals surface area contributed by atoms with E-state index in [9.17, 15) is 4.79 Å². The summed E-state index contributed by atoms with van der Waals surface area (Å²) in [5, 5.41) is -0.0338. The molecular weight excluding hydrogens is 401 g/mol. The molecule has 7 heteroatoms. The van der Waals surface area contributed by atoms with Crippen molar-refractivity contribution in [3.8, 4) is 5.75 Å². The Morgan fingerprint density at radius 1 is 0.957 bits per heavy atom. The number of rotatable bonds is 3. The van der Waals surface area contributed by atoms with Crippen LogP contribution in [0.5, 0.6) is 5.75 Å². The first kappa shape index (κ1) is 19.2. The predicted octanol–water partition coefficient (Wildman–Crippen LogP) is 7.10. The van der Waals surface area contributed by atoms with Gasteiger partial charge in [-0.15, -0.1) is 0 Å². The Morgan fingerprint density at radius 3 is 1.83 bits per heavy atom. The number of carbonyl (C=O) groups is 1. The summed E-state index contributed by atoms with van der Waals surface area (Å²) >= 11 is 30.1. The van der Waals surface area contributed by atoms with Crippen LogP contribution in [0.2, 0.25) is 25.1 Å². The largest absolute Gasteiger partial charge is 0.423 e. The lowest BCUT2D eigenvalue weighted by molar-refractivity contribution is -0.136. The molecule has 1 aromatic rings. The number of carbonyl (C=O) groups excluding carboxylic acids is 1. The lowest BCUT2D eigenvalue weighted by Crippen LogP contribution is -2.14. The number of ether oxygens (including phenoxy) is 1. The van der Waals surface area contributed by atoms with Crippen molar-refractivity contribution in [2.75, 3.05) is 0 Å². The first-order valence-corrected chi connectivity index (χ1v) is 8.77. The fraction of sp³-hybridized carbons (Fsp3) is 0.438. The third-order valence-electron chi connectivity index (χ3n) is 4.05. The molecule has 0 bridgehead atoms. The Hall–Kier alpha value is -0.120. The van der Waals surface area contributed by atoms with E-state index in [1.54, 1.807) is 0 Å². The highest BCUT2D eigenvalue weighted by Crippen LogP contribution is 2.60.